The first-order valence-corrected chi connectivity index (χ1v) is 13.1. The van der Waals surface area contributed by atoms with Crippen molar-refractivity contribution in [3.05, 3.63) is 24.3 Å². The van der Waals surface area contributed by atoms with E-state index in [2.05, 4.69) is 16.0 Å². The van der Waals surface area contributed by atoms with E-state index in [1.807, 2.05) is 59.1 Å². The second-order valence-corrected chi connectivity index (χ2v) is 11.5. The van der Waals surface area contributed by atoms with Crippen molar-refractivity contribution in [3.8, 4) is 0 Å². The molecule has 1 aliphatic heterocycles. The molecule has 10 heteroatoms. The predicted octanol–water partition coefficient (Wildman–Crippen LogP) is 2.95. The third-order valence-electron chi connectivity index (χ3n) is 5.64. The molecule has 0 bridgehead atoms. The Labute approximate surface area is 212 Å². The number of nitrogens with two attached hydrogens (primary N) is 1. The molecule has 9 nitrogen and oxygen atoms in total. The lowest BCUT2D eigenvalue weighted by molar-refractivity contribution is -0.140. The van der Waals surface area contributed by atoms with Crippen LogP contribution in [0.3, 0.4) is 0 Å². The zero-order chi connectivity index (χ0) is 26.3. The van der Waals surface area contributed by atoms with Crippen LogP contribution in [0.25, 0.3) is 0 Å². The number of rotatable bonds is 9. The van der Waals surface area contributed by atoms with Crippen LogP contribution in [0.4, 0.5) is 10.5 Å². The van der Waals surface area contributed by atoms with Gasteiger partial charge >= 0.3 is 6.03 Å². The number of likely N-dealkylation sites (tertiary alicyclic amines) is 1. The van der Waals surface area contributed by atoms with E-state index in [1.165, 1.54) is 4.90 Å². The summed E-state index contributed by atoms with van der Waals surface area (Å²) in [5.74, 6) is -1.07. The lowest BCUT2D eigenvalue weighted by Gasteiger charge is -2.28. The van der Waals surface area contributed by atoms with Gasteiger partial charge in [0.05, 0.1) is 6.04 Å². The summed E-state index contributed by atoms with van der Waals surface area (Å²) in [6.45, 7) is 9.93. The number of primary amides is 1. The van der Waals surface area contributed by atoms with Gasteiger partial charge < -0.3 is 26.6 Å². The third kappa shape index (κ3) is 9.08. The van der Waals surface area contributed by atoms with E-state index in [1.54, 1.807) is 17.8 Å². The zero-order valence-corrected chi connectivity index (χ0v) is 22.3. The van der Waals surface area contributed by atoms with E-state index in [0.717, 1.165) is 4.90 Å². The Kier molecular flexibility index (Phi) is 10.00. The van der Waals surface area contributed by atoms with Crippen LogP contribution in [0.1, 0.15) is 53.9 Å². The van der Waals surface area contributed by atoms with Crippen molar-refractivity contribution in [2.24, 2.45) is 17.1 Å². The summed E-state index contributed by atoms with van der Waals surface area (Å²) in [4.78, 5) is 53.3. The molecular weight excluding hydrogens is 466 g/mol. The second-order valence-electron chi connectivity index (χ2n) is 10.7. The summed E-state index contributed by atoms with van der Waals surface area (Å²) in [5.41, 5.74) is 5.88. The van der Waals surface area contributed by atoms with Crippen molar-refractivity contribution in [1.29, 1.82) is 0 Å². The van der Waals surface area contributed by atoms with Crippen LogP contribution >= 0.6 is 11.8 Å². The molecule has 0 aromatic heterocycles. The maximum absolute atomic E-state index is 13.2. The standard InChI is InChI=1S/C25H39N5O4S/c1-15(2)10-19(22(26)32)29-23(33)20-12-17(14-30(20)21(31)13-25(3,4)5)28-24(34)27-16-8-7-9-18(11-16)35-6/h7-9,11,15,17,19-20H,10,12-14H2,1-6H3,(H2,26,32)(H,29,33)(H2,27,28,34)/t17-,19-,20+/m0/s1. The Hall–Kier alpha value is -2.75. The van der Waals surface area contributed by atoms with Gasteiger partial charge in [-0.05, 0) is 48.6 Å². The molecule has 0 saturated carbocycles. The number of urea groups is 1. The Balaban J connectivity index is 2.14. The third-order valence-corrected chi connectivity index (χ3v) is 6.36. The Bertz CT molecular complexity index is 931. The highest BCUT2D eigenvalue weighted by Gasteiger charge is 2.41. The van der Waals surface area contributed by atoms with Gasteiger partial charge in [0.25, 0.3) is 0 Å². The molecule has 0 unspecified atom stereocenters. The quantitative estimate of drug-likeness (QED) is 0.383. The van der Waals surface area contributed by atoms with E-state index in [9.17, 15) is 19.2 Å². The first kappa shape index (κ1) is 28.5. The number of carbonyl (C=O) groups is 4. The molecule has 1 aliphatic rings. The number of nitrogens with one attached hydrogen (secondary N) is 3. The number of hydrogen-bond acceptors (Lipinski definition) is 5. The van der Waals surface area contributed by atoms with Crippen LogP contribution in [-0.2, 0) is 14.4 Å². The molecule has 0 spiro atoms. The van der Waals surface area contributed by atoms with Crippen molar-refractivity contribution >= 4 is 41.2 Å². The summed E-state index contributed by atoms with van der Waals surface area (Å²) in [6.07, 6.45) is 2.86. The highest BCUT2D eigenvalue weighted by Crippen LogP contribution is 2.26. The largest absolute Gasteiger partial charge is 0.368 e. The van der Waals surface area contributed by atoms with Gasteiger partial charge in [-0.3, -0.25) is 14.4 Å². The fourth-order valence-electron chi connectivity index (χ4n) is 4.06. The number of thioether (sulfide) groups is 1. The van der Waals surface area contributed by atoms with Gasteiger partial charge in [-0.15, -0.1) is 11.8 Å². The molecule has 1 heterocycles. The van der Waals surface area contributed by atoms with Gasteiger partial charge in [-0.25, -0.2) is 4.79 Å². The number of benzene rings is 1. The molecule has 35 heavy (non-hydrogen) atoms. The molecule has 1 saturated heterocycles. The molecule has 2 rings (SSSR count). The van der Waals surface area contributed by atoms with Gasteiger partial charge in [0.1, 0.15) is 12.1 Å². The predicted molar refractivity (Wildman–Crippen MR) is 139 cm³/mol. The molecule has 1 aromatic carbocycles. The smallest absolute Gasteiger partial charge is 0.319 e. The highest BCUT2D eigenvalue weighted by molar-refractivity contribution is 7.98. The second kappa shape index (κ2) is 12.3. The molecular formula is C25H39N5O4S. The van der Waals surface area contributed by atoms with Crippen LogP contribution < -0.4 is 21.7 Å². The summed E-state index contributed by atoms with van der Waals surface area (Å²) in [5, 5.41) is 8.42. The normalized spacial score (nSPS) is 18.8. The zero-order valence-electron chi connectivity index (χ0n) is 21.5. The first-order chi connectivity index (χ1) is 16.3. The SMILES string of the molecule is CSc1cccc(NC(=O)N[C@H]2C[C@H](C(=O)N[C@@H](CC(C)C)C(N)=O)N(C(=O)CC(C)(C)C)C2)c1. The maximum Gasteiger partial charge on any atom is 0.319 e. The van der Waals surface area contributed by atoms with Crippen molar-refractivity contribution in [2.45, 2.75) is 76.9 Å². The Morgan fingerprint density at radius 1 is 1.20 bits per heavy atom. The number of carbonyl (C=O) groups excluding carboxylic acids is 4. The molecule has 3 atom stereocenters. The maximum atomic E-state index is 13.2. The minimum absolute atomic E-state index is 0.151. The highest BCUT2D eigenvalue weighted by atomic mass is 32.2. The number of anilines is 1. The van der Waals surface area contributed by atoms with Crippen LogP contribution in [0.2, 0.25) is 0 Å². The molecule has 5 N–H and O–H groups in total. The van der Waals surface area contributed by atoms with E-state index < -0.39 is 36.0 Å². The van der Waals surface area contributed by atoms with Gasteiger partial charge in [0.2, 0.25) is 17.7 Å². The van der Waals surface area contributed by atoms with E-state index >= 15 is 0 Å². The summed E-state index contributed by atoms with van der Waals surface area (Å²) >= 11 is 1.57. The fraction of sp³-hybridized carbons (Fsp3) is 0.600. The van der Waals surface area contributed by atoms with Gasteiger partial charge in [0.15, 0.2) is 0 Å². The van der Waals surface area contributed by atoms with Crippen molar-refractivity contribution < 1.29 is 19.2 Å². The molecule has 1 aromatic rings. The lowest BCUT2D eigenvalue weighted by atomic mass is 9.91. The topological polar surface area (TPSA) is 134 Å². The Morgan fingerprint density at radius 2 is 1.89 bits per heavy atom. The molecule has 194 valence electrons. The molecule has 1 fully saturated rings. The fourth-order valence-corrected chi connectivity index (χ4v) is 4.52. The average molecular weight is 506 g/mol. The molecule has 0 aliphatic carbocycles. The molecule has 0 radical (unpaired) electrons. The van der Waals surface area contributed by atoms with Crippen LogP contribution in [0, 0.1) is 11.3 Å². The summed E-state index contributed by atoms with van der Waals surface area (Å²) in [7, 11) is 0. The first-order valence-electron chi connectivity index (χ1n) is 11.9. The van der Waals surface area contributed by atoms with E-state index in [4.69, 9.17) is 5.73 Å². The van der Waals surface area contributed by atoms with Crippen molar-refractivity contribution in [1.82, 2.24) is 15.5 Å². The van der Waals surface area contributed by atoms with Crippen LogP contribution in [0.15, 0.2) is 29.2 Å². The monoisotopic (exact) mass is 505 g/mol. The molecule has 5 amide bonds. The average Bonchev–Trinajstić information content (AvgIpc) is 3.15. The van der Waals surface area contributed by atoms with Crippen molar-refractivity contribution in [2.75, 3.05) is 18.1 Å². The minimum atomic E-state index is -0.818. The minimum Gasteiger partial charge on any atom is -0.368 e. The number of nitrogens with zero attached hydrogens (tertiary/aromatic N) is 1. The summed E-state index contributed by atoms with van der Waals surface area (Å²) < 4.78 is 0. The number of amides is 5. The number of hydrogen-bond donors (Lipinski definition) is 4. The Morgan fingerprint density at radius 3 is 2.46 bits per heavy atom. The van der Waals surface area contributed by atoms with Gasteiger partial charge in [-0.1, -0.05) is 40.7 Å². The van der Waals surface area contributed by atoms with Gasteiger partial charge in [0, 0.05) is 23.5 Å². The van der Waals surface area contributed by atoms with Crippen molar-refractivity contribution in [3.63, 3.8) is 0 Å². The van der Waals surface area contributed by atoms with E-state index in [-0.39, 0.29) is 36.6 Å². The lowest BCUT2D eigenvalue weighted by Crippen LogP contribution is -2.52. The van der Waals surface area contributed by atoms with Gasteiger partial charge in [-0.2, -0.15) is 0 Å². The summed E-state index contributed by atoms with van der Waals surface area (Å²) in [6, 6.07) is 5.02. The van der Waals surface area contributed by atoms with Crippen LogP contribution in [0.5, 0.6) is 0 Å². The van der Waals surface area contributed by atoms with Crippen LogP contribution in [-0.4, -0.2) is 59.6 Å². The van der Waals surface area contributed by atoms with E-state index in [0.29, 0.717) is 12.1 Å².